The fourth-order valence-electron chi connectivity index (χ4n) is 0.693. The van der Waals surface area contributed by atoms with Gasteiger partial charge in [0.2, 0.25) is 6.55 Å². The van der Waals surface area contributed by atoms with E-state index in [0.717, 1.165) is 5.75 Å². The Morgan fingerprint density at radius 2 is 1.73 bits per heavy atom. The summed E-state index contributed by atoms with van der Waals surface area (Å²) in [5.41, 5.74) is 1.22. The van der Waals surface area contributed by atoms with Crippen LogP contribution in [0.1, 0.15) is 5.56 Å². The Hall–Kier alpha value is 0.150. The van der Waals surface area contributed by atoms with Crippen molar-refractivity contribution >= 4 is 31.0 Å². The second-order valence-electron chi connectivity index (χ2n) is 2.16. The lowest BCUT2D eigenvalue weighted by Gasteiger charge is -2.06. The molecule has 0 radical (unpaired) electrons. The molecule has 0 amide bonds. The van der Waals surface area contributed by atoms with Crippen LogP contribution < -0.4 is 4.52 Å². The lowest BCUT2D eigenvalue weighted by molar-refractivity contribution is 0.639. The molecule has 60 valence electrons. The van der Waals surface area contributed by atoms with Gasteiger partial charge in [0.1, 0.15) is 5.75 Å². The largest absolute Gasteiger partial charge is 0.453 e. The van der Waals surface area contributed by atoms with Gasteiger partial charge >= 0.3 is 0 Å². The second-order valence-corrected chi connectivity index (χ2v) is 5.97. The molecule has 11 heavy (non-hydrogen) atoms. The predicted octanol–water partition coefficient (Wildman–Crippen LogP) is 3.46. The monoisotopic (exact) mass is 204 g/mol. The summed E-state index contributed by atoms with van der Waals surface area (Å²) in [5.74, 6) is 0.826. The maximum Gasteiger partial charge on any atom is 0.203 e. The zero-order valence-electron chi connectivity index (χ0n) is 6.06. The van der Waals surface area contributed by atoms with Gasteiger partial charge in [-0.15, -0.1) is 0 Å². The van der Waals surface area contributed by atoms with Crippen LogP contribution in [0, 0.1) is 6.92 Å². The molecule has 0 heterocycles. The summed E-state index contributed by atoms with van der Waals surface area (Å²) in [6, 6.07) is 7.82. The highest BCUT2D eigenvalue weighted by Gasteiger charge is 1.97. The van der Waals surface area contributed by atoms with Crippen LogP contribution >= 0.6 is 31.0 Å². The first-order valence-corrected chi connectivity index (χ1v) is 6.67. The second kappa shape index (κ2) is 4.24. The van der Waals surface area contributed by atoms with Gasteiger partial charge in [0, 0.05) is 0 Å². The minimum Gasteiger partial charge on any atom is -0.453 e. The van der Waals surface area contributed by atoms with E-state index in [1.807, 2.05) is 31.2 Å². The zero-order valence-corrected chi connectivity index (χ0v) is 8.74. The molecule has 1 rings (SSSR count). The van der Waals surface area contributed by atoms with Crippen LogP contribution in [0.2, 0.25) is 0 Å². The van der Waals surface area contributed by atoms with Gasteiger partial charge < -0.3 is 4.52 Å². The molecular formula is C7H9OPS2. The van der Waals surface area contributed by atoms with Crippen molar-refractivity contribution in [3.8, 4) is 5.75 Å². The Labute approximate surface area is 78.3 Å². The Bertz CT molecular complexity index is 222. The summed E-state index contributed by atoms with van der Waals surface area (Å²) in [4.78, 5) is 0. The van der Waals surface area contributed by atoms with Crippen LogP contribution in [-0.4, -0.2) is 0 Å². The van der Waals surface area contributed by atoms with E-state index in [4.69, 9.17) is 4.52 Å². The lowest BCUT2D eigenvalue weighted by Crippen LogP contribution is -1.77. The highest BCUT2D eigenvalue weighted by atomic mass is 33.1. The molecule has 0 atom stereocenters. The van der Waals surface area contributed by atoms with Gasteiger partial charge in [0.25, 0.3) is 0 Å². The molecule has 0 aliphatic rings. The molecule has 0 aliphatic carbocycles. The summed E-state index contributed by atoms with van der Waals surface area (Å²) in [7, 11) is 0. The van der Waals surface area contributed by atoms with Crippen molar-refractivity contribution in [3.63, 3.8) is 0 Å². The van der Waals surface area contributed by atoms with Gasteiger partial charge in [0.05, 0.1) is 0 Å². The van der Waals surface area contributed by atoms with Crippen molar-refractivity contribution in [1.29, 1.82) is 0 Å². The van der Waals surface area contributed by atoms with E-state index in [1.54, 1.807) is 0 Å². The van der Waals surface area contributed by atoms with Gasteiger partial charge in [0.15, 0.2) is 0 Å². The molecule has 0 fully saturated rings. The fraction of sp³-hybridized carbons (Fsp3) is 0.143. The molecule has 0 aliphatic heterocycles. The minimum absolute atomic E-state index is 0.826. The maximum absolute atomic E-state index is 5.26. The van der Waals surface area contributed by atoms with E-state index in [0.29, 0.717) is 0 Å². The first-order chi connectivity index (χ1) is 5.18. The fourth-order valence-corrected chi connectivity index (χ4v) is 1.57. The third kappa shape index (κ3) is 3.37. The Morgan fingerprint density at radius 3 is 2.18 bits per heavy atom. The Morgan fingerprint density at radius 1 is 1.18 bits per heavy atom. The molecule has 1 nitrogen and oxygen atoms in total. The molecule has 1 aromatic rings. The number of benzene rings is 1. The third-order valence-corrected chi connectivity index (χ3v) is 2.07. The number of hydrogen-bond acceptors (Lipinski definition) is 3. The van der Waals surface area contributed by atoms with E-state index in [1.165, 1.54) is 5.56 Å². The summed E-state index contributed by atoms with van der Waals surface area (Å²) in [6.45, 7) is 1.14. The van der Waals surface area contributed by atoms with Gasteiger partial charge in [-0.1, -0.05) is 42.2 Å². The highest BCUT2D eigenvalue weighted by molar-refractivity contribution is 8.76. The Kier molecular flexibility index (Phi) is 3.57. The van der Waals surface area contributed by atoms with Crippen LogP contribution in [0.25, 0.3) is 0 Å². The summed E-state index contributed by atoms with van der Waals surface area (Å²) >= 11 is 8.08. The van der Waals surface area contributed by atoms with E-state index < -0.39 is 6.55 Å². The van der Waals surface area contributed by atoms with Gasteiger partial charge in [-0.05, 0) is 19.1 Å². The first-order valence-electron chi connectivity index (χ1n) is 3.11. The molecule has 0 spiro atoms. The van der Waals surface area contributed by atoms with Crippen LogP contribution in [0.4, 0.5) is 0 Å². The van der Waals surface area contributed by atoms with Crippen molar-refractivity contribution in [3.05, 3.63) is 29.8 Å². The number of rotatable bonds is 2. The quantitative estimate of drug-likeness (QED) is 0.554. The lowest BCUT2D eigenvalue weighted by atomic mass is 10.2. The number of thiol groups is 2. The minimum atomic E-state index is -0.897. The van der Waals surface area contributed by atoms with Crippen LogP contribution in [0.15, 0.2) is 24.3 Å². The van der Waals surface area contributed by atoms with Crippen molar-refractivity contribution in [2.45, 2.75) is 6.92 Å². The summed E-state index contributed by atoms with van der Waals surface area (Å²) < 4.78 is 5.26. The molecule has 0 saturated carbocycles. The zero-order chi connectivity index (χ0) is 8.27. The van der Waals surface area contributed by atoms with Gasteiger partial charge in [-0.3, -0.25) is 0 Å². The summed E-state index contributed by atoms with van der Waals surface area (Å²) in [5, 5.41) is 0. The number of hydrogen-bond donors (Lipinski definition) is 2. The van der Waals surface area contributed by atoms with Gasteiger partial charge in [-0.2, -0.15) is 0 Å². The maximum atomic E-state index is 5.26. The van der Waals surface area contributed by atoms with Crippen LogP contribution in [0.5, 0.6) is 5.75 Å². The molecule has 0 aromatic heterocycles. The first kappa shape index (κ1) is 9.24. The molecule has 0 N–H and O–H groups in total. The Balaban J connectivity index is 2.66. The highest BCUT2D eigenvalue weighted by Crippen LogP contribution is 2.46. The van der Waals surface area contributed by atoms with E-state index in [-0.39, 0.29) is 0 Å². The van der Waals surface area contributed by atoms with Crippen molar-refractivity contribution in [2.75, 3.05) is 0 Å². The van der Waals surface area contributed by atoms with E-state index in [9.17, 15) is 0 Å². The molecule has 0 bridgehead atoms. The normalized spacial score (nSPS) is 10.2. The predicted molar refractivity (Wildman–Crippen MR) is 56.7 cm³/mol. The average Bonchev–Trinajstić information content (AvgIpc) is 1.93. The molecule has 0 unspecified atom stereocenters. The average molecular weight is 204 g/mol. The topological polar surface area (TPSA) is 9.23 Å². The molecular weight excluding hydrogens is 195 g/mol. The molecule has 4 heteroatoms. The van der Waals surface area contributed by atoms with Crippen molar-refractivity contribution < 1.29 is 4.52 Å². The van der Waals surface area contributed by atoms with Crippen molar-refractivity contribution in [2.24, 2.45) is 0 Å². The van der Waals surface area contributed by atoms with E-state index >= 15 is 0 Å². The molecule has 0 saturated heterocycles. The smallest absolute Gasteiger partial charge is 0.203 e. The summed E-state index contributed by atoms with van der Waals surface area (Å²) in [6.07, 6.45) is 0. The SMILES string of the molecule is Cc1ccc(OP(S)S)cc1. The van der Waals surface area contributed by atoms with E-state index in [2.05, 4.69) is 24.5 Å². The number of aryl methyl sites for hydroxylation is 1. The van der Waals surface area contributed by atoms with Crippen LogP contribution in [0.3, 0.4) is 0 Å². The third-order valence-electron chi connectivity index (χ3n) is 1.21. The van der Waals surface area contributed by atoms with Crippen molar-refractivity contribution in [1.82, 2.24) is 0 Å². The molecule has 1 aromatic carbocycles. The standard InChI is InChI=1S/C7H9OPS2/c1-6-2-4-7(5-3-6)8-9(10)11/h2-5,10-11H,1H3. The van der Waals surface area contributed by atoms with Crippen LogP contribution in [-0.2, 0) is 0 Å². The van der Waals surface area contributed by atoms with Gasteiger partial charge in [-0.25, -0.2) is 0 Å².